The van der Waals surface area contributed by atoms with Gasteiger partial charge in [-0.1, -0.05) is 195 Å². The topological polar surface area (TPSA) is 344 Å². The number of imide groups is 3. The van der Waals surface area contributed by atoms with Gasteiger partial charge < -0.3 is 118 Å². The van der Waals surface area contributed by atoms with Crippen LogP contribution in [0.1, 0.15) is 220 Å². The number of aliphatic hydroxyl groups excluding tert-OH is 1. The van der Waals surface area contributed by atoms with Crippen LogP contribution in [0.15, 0.2) is 4.99 Å². The predicted octanol–water partition coefficient (Wildman–Crippen LogP) is 5.75. The molecule has 0 aliphatic heterocycles. The van der Waals surface area contributed by atoms with E-state index < -0.39 is 41.8 Å². The lowest BCUT2D eigenvalue weighted by atomic mass is 10.0. The Morgan fingerprint density at radius 1 is 0.442 bits per heavy atom. The van der Waals surface area contributed by atoms with Crippen LogP contribution in [-0.2, 0) is 61.6 Å². The Bertz CT molecular complexity index is 1980. The van der Waals surface area contributed by atoms with Gasteiger partial charge in [-0.05, 0) is 37.3 Å². The van der Waals surface area contributed by atoms with Crippen molar-refractivity contribution < 1.29 is 146 Å². The monoisotopic (exact) mass is 1650 g/mol. The molecule has 0 bridgehead atoms. The minimum Gasteiger partial charge on any atom is -1.00 e. The largest absolute Gasteiger partial charge is 1.00 e. The summed E-state index contributed by atoms with van der Waals surface area (Å²) >= 11 is 4.51. The molecule has 620 valence electrons. The zero-order valence-corrected chi connectivity index (χ0v) is 70.3. The lowest BCUT2D eigenvalue weighted by Gasteiger charge is -2.23. The highest BCUT2D eigenvalue weighted by molar-refractivity contribution is 6.63. The maximum Gasteiger partial charge on any atom is 0.416 e. The second kappa shape index (κ2) is 88.0. The number of likely N-dealkylation sites (N-methyl/N-ethyl adjacent to an activating group) is 2. The number of quaternary nitrogens is 2. The highest BCUT2D eigenvalue weighted by atomic mass is 127. The molecule has 0 saturated heterocycles. The smallest absolute Gasteiger partial charge is 0.416 e. The number of aliphatic hydroxyl groups is 1. The SMILES string of the molecule is CCC(CO)OC.CCC(COC(=O)NC(=O)OCC(COC)OC)OC.CCCCCCCCCCCCCCCCOCC(COC(=O)NC(=O)NCC[N+](C)(C)C)OC.CCCCCCCCCCCCCCCCOCC(COC(=O)NC(=O)NCC[NH+](C)C)OC.O=C=NC(=O)Cl.[Cl-].[I-]. The molecule has 5 atom stereocenters. The third-order valence-electron chi connectivity index (χ3n) is 15.4. The molecule has 0 aromatic rings. The van der Waals surface area contributed by atoms with Crippen LogP contribution in [0.25, 0.3) is 0 Å². The number of unbranched alkanes of at least 4 members (excludes halogenated alkanes) is 26. The Morgan fingerprint density at radius 3 is 0.990 bits per heavy atom. The van der Waals surface area contributed by atoms with Gasteiger partial charge >= 0.3 is 41.8 Å². The average molecular weight is 1660 g/mol. The van der Waals surface area contributed by atoms with Gasteiger partial charge in [-0.2, -0.15) is 0 Å². The fourth-order valence-electron chi connectivity index (χ4n) is 8.83. The predicted molar refractivity (Wildman–Crippen MR) is 397 cm³/mol. The first-order valence-electron chi connectivity index (χ1n) is 37.3. The van der Waals surface area contributed by atoms with Gasteiger partial charge in [0.05, 0.1) is 100 Å². The van der Waals surface area contributed by atoms with Gasteiger partial charge in [-0.15, -0.1) is 4.99 Å². The summed E-state index contributed by atoms with van der Waals surface area (Å²) in [6, 6.07) is -1.12. The fraction of sp³-hybridized carbons (Fsp3) is 0.889. The number of aliphatic imine (C=N–C) groups is 1. The lowest BCUT2D eigenvalue weighted by Crippen LogP contribution is -3.06. The van der Waals surface area contributed by atoms with E-state index in [9.17, 15) is 33.6 Å². The molecule has 7 N–H and O–H groups in total. The van der Waals surface area contributed by atoms with Crippen LogP contribution in [-0.4, -0.2) is 258 Å². The molecule has 0 aromatic heterocycles. The number of amides is 9. The van der Waals surface area contributed by atoms with Crippen LogP contribution in [0.4, 0.5) is 33.6 Å². The average Bonchev–Trinajstić information content (AvgIpc) is 1.03. The number of ether oxygens (including phenoxy) is 12. The molecule has 0 spiro atoms. The number of alkyl carbamates (subject to hydrolysis) is 4. The summed E-state index contributed by atoms with van der Waals surface area (Å²) in [7, 11) is 19.3. The maximum absolute atomic E-state index is 11.8. The molecular weight excluding hydrogens is 1510 g/mol. The van der Waals surface area contributed by atoms with E-state index in [0.29, 0.717) is 45.9 Å². The van der Waals surface area contributed by atoms with Crippen LogP contribution < -0.4 is 67.9 Å². The first kappa shape index (κ1) is 113. The summed E-state index contributed by atoms with van der Waals surface area (Å²) < 4.78 is 62.0. The van der Waals surface area contributed by atoms with E-state index in [1.807, 2.05) is 54.4 Å². The highest BCUT2D eigenvalue weighted by Gasteiger charge is 2.18. The fourth-order valence-corrected chi connectivity index (χ4v) is 8.87. The van der Waals surface area contributed by atoms with Crippen molar-refractivity contribution in [2.24, 2.45) is 4.99 Å². The van der Waals surface area contributed by atoms with Gasteiger partial charge in [-0.3, -0.25) is 4.79 Å². The summed E-state index contributed by atoms with van der Waals surface area (Å²) in [6.07, 6.45) is 35.2. The van der Waals surface area contributed by atoms with E-state index in [4.69, 9.17) is 66.7 Å². The number of urea groups is 2. The molecule has 0 aliphatic rings. The Kier molecular flexibility index (Phi) is 96.1. The number of halogens is 3. The second-order valence-corrected chi connectivity index (χ2v) is 26.1. The molecule has 29 nitrogen and oxygen atoms in total. The first-order chi connectivity index (χ1) is 49.0. The van der Waals surface area contributed by atoms with E-state index in [-0.39, 0.29) is 107 Å². The van der Waals surface area contributed by atoms with Gasteiger partial charge in [-0.25, -0.2) is 49.5 Å². The molecule has 0 rings (SSSR count). The normalized spacial score (nSPS) is 12.0. The Labute approximate surface area is 654 Å². The Morgan fingerprint density at radius 2 is 0.740 bits per heavy atom. The number of hydrogen-bond acceptors (Lipinski definition) is 21. The van der Waals surface area contributed by atoms with Crippen molar-refractivity contribution in [3.05, 3.63) is 0 Å². The van der Waals surface area contributed by atoms with E-state index in [0.717, 1.165) is 42.9 Å². The molecule has 0 aromatic carbocycles. The number of rotatable bonds is 58. The third kappa shape index (κ3) is 94.2. The molecule has 0 saturated carbocycles. The molecule has 0 radical (unpaired) electrons. The third-order valence-corrected chi connectivity index (χ3v) is 15.5. The minimum absolute atomic E-state index is 0. The van der Waals surface area contributed by atoms with Crippen molar-refractivity contribution in [3.63, 3.8) is 0 Å². The Balaban J connectivity index is -0.000000253. The summed E-state index contributed by atoms with van der Waals surface area (Å²) in [6.45, 7) is 13.5. The van der Waals surface area contributed by atoms with Crippen LogP contribution in [0.5, 0.6) is 0 Å². The van der Waals surface area contributed by atoms with Crippen LogP contribution >= 0.6 is 11.6 Å². The van der Waals surface area contributed by atoms with Gasteiger partial charge in [0.1, 0.15) is 44.7 Å². The highest BCUT2D eigenvalue weighted by Crippen LogP contribution is 2.15. The minimum atomic E-state index is -1.04. The maximum atomic E-state index is 11.8. The van der Waals surface area contributed by atoms with Crippen molar-refractivity contribution in [1.29, 1.82) is 0 Å². The molecule has 32 heteroatoms. The Hall–Kier alpha value is -3.86. The van der Waals surface area contributed by atoms with Crippen molar-refractivity contribution >= 4 is 59.5 Å². The van der Waals surface area contributed by atoms with E-state index in [2.05, 4.69) is 51.7 Å². The number of carbonyl (C=O) groups excluding carboxylic acids is 8. The molecule has 9 amide bonds. The summed E-state index contributed by atoms with van der Waals surface area (Å²) in [5.41, 5.74) is 0. The number of methoxy groups -OCH3 is 6. The van der Waals surface area contributed by atoms with Crippen molar-refractivity contribution in [2.75, 3.05) is 170 Å². The zero-order chi connectivity index (χ0) is 77.6. The molecule has 5 unspecified atom stereocenters. The molecular formula is C72H145Cl2IN8O21. The number of nitrogens with zero attached hydrogens (tertiary/aromatic N) is 2. The number of nitrogens with one attached hydrogen (secondary N) is 6. The van der Waals surface area contributed by atoms with Gasteiger partial charge in [0.25, 0.3) is 0 Å². The van der Waals surface area contributed by atoms with Crippen LogP contribution in [0, 0.1) is 0 Å². The number of carbonyl (C=O) groups is 7. The number of hydrogen-bond donors (Lipinski definition) is 7. The lowest BCUT2D eigenvalue weighted by molar-refractivity contribution is -0.869. The van der Waals surface area contributed by atoms with Crippen LogP contribution in [0.2, 0.25) is 0 Å². The molecule has 0 aliphatic carbocycles. The number of isocyanates is 1. The van der Waals surface area contributed by atoms with Crippen LogP contribution in [0.3, 0.4) is 0 Å². The first-order valence-corrected chi connectivity index (χ1v) is 37.6. The quantitative estimate of drug-likeness (QED) is 0.00557. The van der Waals surface area contributed by atoms with Crippen molar-refractivity contribution in [1.82, 2.24) is 26.6 Å². The van der Waals surface area contributed by atoms with E-state index >= 15 is 0 Å². The summed E-state index contributed by atoms with van der Waals surface area (Å²) in [4.78, 5) is 91.4. The van der Waals surface area contributed by atoms with Gasteiger partial charge in [0, 0.05) is 55.9 Å². The molecule has 0 fully saturated rings. The van der Waals surface area contributed by atoms with E-state index in [1.165, 1.54) is 193 Å². The zero-order valence-electron chi connectivity index (χ0n) is 66.6. The van der Waals surface area contributed by atoms with Gasteiger partial charge in [0.15, 0.2) is 0 Å². The van der Waals surface area contributed by atoms with Crippen molar-refractivity contribution in [2.45, 2.75) is 251 Å². The van der Waals surface area contributed by atoms with Gasteiger partial charge in [0.2, 0.25) is 6.08 Å². The summed E-state index contributed by atoms with van der Waals surface area (Å²) in [5, 5.41) is 18.8. The standard InChI is InChI=1S/C27H55N3O5.C26H53N3O5.C12H23NO7.C5H12O2.C2ClNO2.ClH.HI/c1-6-7-8-9-10-11-12-13-14-15-16-17-18-19-22-34-23-25(33-5)24-35-27(32)29-26(31)28-20-21-30(2,3)4;1-5-6-7-8-9-10-11-12-13-14-15-16-17-18-21-33-22-24(32-4)23-34-26(31)28-25(30)27-19-20-29(2)3;1-5-9(17-3)7-19-11(14)13-12(15)20-8-10(18-4)6-16-2;1-3-5(4-6)7-2;3-2(6)4-1-5;;/h25H,6-24H2,1-5H3,(H-,28,29,31,32);24H,5-23H2,1-4H3,(H2,27,28,30,31);9-10H,5-8H2,1-4H3,(H,13,14,15);5-6H,3-4H2,1-2H3;;2*1H. The molecule has 0 heterocycles. The van der Waals surface area contributed by atoms with E-state index in [1.54, 1.807) is 21.3 Å². The summed E-state index contributed by atoms with van der Waals surface area (Å²) in [5.74, 6) is 0. The van der Waals surface area contributed by atoms with Crippen molar-refractivity contribution in [3.8, 4) is 0 Å². The second-order valence-electron chi connectivity index (χ2n) is 25.8. The molecule has 104 heavy (non-hydrogen) atoms.